The standard InChI is InChI=1S/C25H27Cl2N4O4S/c1-16(21-6-5-7-22(26)23(21)27)28-24(32)29-18-12-14-20(15-13-18)36(34,35)30-19-10-8-17(9-11-19)25(2,3)31(4)33/h5-16,30H,1-4H3,(H2,28,29,32)/q-1/t16-/m0/s1. The van der Waals surface area contributed by atoms with Gasteiger partial charge in [-0.15, -0.1) is 0 Å². The maximum Gasteiger partial charge on any atom is 0.319 e. The first-order valence-electron chi connectivity index (χ1n) is 11.0. The Labute approximate surface area is 221 Å². The normalized spacial score (nSPS) is 12.8. The van der Waals surface area contributed by atoms with Crippen LogP contribution >= 0.6 is 23.2 Å². The van der Waals surface area contributed by atoms with Crippen molar-refractivity contribution in [2.24, 2.45) is 0 Å². The van der Waals surface area contributed by atoms with Crippen LogP contribution in [0.4, 0.5) is 16.2 Å². The molecule has 0 saturated carbocycles. The minimum Gasteiger partial charge on any atom is -0.785 e. The number of amides is 2. The molecule has 3 N–H and O–H groups in total. The van der Waals surface area contributed by atoms with E-state index in [0.29, 0.717) is 27.0 Å². The van der Waals surface area contributed by atoms with Crippen molar-refractivity contribution in [1.82, 2.24) is 10.4 Å². The van der Waals surface area contributed by atoms with Crippen LogP contribution in [0, 0.1) is 5.21 Å². The largest absolute Gasteiger partial charge is 0.785 e. The molecule has 0 aromatic heterocycles. The van der Waals surface area contributed by atoms with Crippen LogP contribution in [0.2, 0.25) is 10.0 Å². The zero-order chi connectivity index (χ0) is 26.7. The first kappa shape index (κ1) is 27.8. The lowest BCUT2D eigenvalue weighted by molar-refractivity contribution is 0.229. The number of sulfonamides is 1. The lowest BCUT2D eigenvalue weighted by atomic mass is 9.94. The van der Waals surface area contributed by atoms with Gasteiger partial charge in [-0.05, 0) is 81.4 Å². The Bertz CT molecular complexity index is 1330. The van der Waals surface area contributed by atoms with Crippen molar-refractivity contribution in [2.45, 2.75) is 37.2 Å². The molecule has 0 aliphatic rings. The van der Waals surface area contributed by atoms with Crippen molar-refractivity contribution in [1.29, 1.82) is 0 Å². The van der Waals surface area contributed by atoms with Gasteiger partial charge in [0.2, 0.25) is 0 Å². The fraction of sp³-hybridized carbons (Fsp3) is 0.240. The second kappa shape index (κ2) is 11.1. The summed E-state index contributed by atoms with van der Waals surface area (Å²) >= 11 is 12.2. The number of urea groups is 1. The highest BCUT2D eigenvalue weighted by Gasteiger charge is 2.21. The second-order valence-electron chi connectivity index (χ2n) is 8.73. The summed E-state index contributed by atoms with van der Waals surface area (Å²) in [5, 5.41) is 18.8. The molecule has 8 nitrogen and oxygen atoms in total. The number of benzene rings is 3. The number of rotatable bonds is 8. The zero-order valence-electron chi connectivity index (χ0n) is 20.2. The Morgan fingerprint density at radius 1 is 0.972 bits per heavy atom. The van der Waals surface area contributed by atoms with Crippen LogP contribution in [0.1, 0.15) is 37.9 Å². The predicted molar refractivity (Wildman–Crippen MR) is 145 cm³/mol. The van der Waals surface area contributed by atoms with E-state index in [1.54, 1.807) is 63.2 Å². The van der Waals surface area contributed by atoms with Crippen LogP contribution in [0.5, 0.6) is 0 Å². The van der Waals surface area contributed by atoms with Crippen molar-refractivity contribution >= 4 is 50.6 Å². The summed E-state index contributed by atoms with van der Waals surface area (Å²) in [5.41, 5.74) is 1.44. The maximum absolute atomic E-state index is 12.8. The number of hydrogen-bond donors (Lipinski definition) is 3. The van der Waals surface area contributed by atoms with Crippen LogP contribution in [0.3, 0.4) is 0 Å². The molecule has 0 unspecified atom stereocenters. The molecular weight excluding hydrogens is 523 g/mol. The molecule has 36 heavy (non-hydrogen) atoms. The molecule has 0 fully saturated rings. The van der Waals surface area contributed by atoms with Crippen LogP contribution in [-0.4, -0.2) is 26.6 Å². The lowest BCUT2D eigenvalue weighted by Crippen LogP contribution is -2.33. The third kappa shape index (κ3) is 6.48. The molecule has 0 spiro atoms. The monoisotopic (exact) mass is 549 g/mol. The molecule has 1 atom stereocenters. The van der Waals surface area contributed by atoms with E-state index >= 15 is 0 Å². The van der Waals surface area contributed by atoms with E-state index in [9.17, 15) is 18.4 Å². The van der Waals surface area contributed by atoms with Gasteiger partial charge in [-0.3, -0.25) is 4.72 Å². The summed E-state index contributed by atoms with van der Waals surface area (Å²) in [4.78, 5) is 12.4. The van der Waals surface area contributed by atoms with Crippen LogP contribution in [-0.2, 0) is 15.6 Å². The Morgan fingerprint density at radius 3 is 2.14 bits per heavy atom. The fourth-order valence-electron chi connectivity index (χ4n) is 3.36. The lowest BCUT2D eigenvalue weighted by Gasteiger charge is -2.41. The Balaban J connectivity index is 1.64. The SMILES string of the molecule is C[C@H](NC(=O)Nc1ccc(S(=O)(=O)Nc2ccc(C(C)(C)N(C)[O-])cc2)cc1)c1cccc(Cl)c1Cl. The predicted octanol–water partition coefficient (Wildman–Crippen LogP) is 6.34. The van der Waals surface area contributed by atoms with E-state index in [2.05, 4.69) is 15.4 Å². The van der Waals surface area contributed by atoms with Gasteiger partial charge in [0, 0.05) is 16.9 Å². The van der Waals surface area contributed by atoms with Crippen LogP contribution < -0.4 is 15.4 Å². The topological polar surface area (TPSA) is 114 Å². The highest BCUT2D eigenvalue weighted by molar-refractivity contribution is 7.92. The summed E-state index contributed by atoms with van der Waals surface area (Å²) < 4.78 is 28.1. The van der Waals surface area contributed by atoms with Crippen molar-refractivity contribution < 1.29 is 13.2 Å². The van der Waals surface area contributed by atoms with Gasteiger partial charge in [-0.25, -0.2) is 13.2 Å². The fourth-order valence-corrected chi connectivity index (χ4v) is 4.89. The van der Waals surface area contributed by atoms with Crippen molar-refractivity contribution in [2.75, 3.05) is 17.1 Å². The van der Waals surface area contributed by atoms with E-state index in [4.69, 9.17) is 23.2 Å². The molecule has 2 amide bonds. The summed E-state index contributed by atoms with van der Waals surface area (Å²) in [6, 6.07) is 16.6. The van der Waals surface area contributed by atoms with E-state index < -0.39 is 27.6 Å². The first-order valence-corrected chi connectivity index (χ1v) is 13.2. The minimum atomic E-state index is -3.86. The smallest absolute Gasteiger partial charge is 0.319 e. The highest BCUT2D eigenvalue weighted by Crippen LogP contribution is 2.30. The van der Waals surface area contributed by atoms with Gasteiger partial charge in [0.1, 0.15) is 0 Å². The van der Waals surface area contributed by atoms with Gasteiger partial charge in [-0.2, -0.15) is 0 Å². The first-order chi connectivity index (χ1) is 16.8. The third-order valence-corrected chi connectivity index (χ3v) is 8.08. The van der Waals surface area contributed by atoms with E-state index in [1.165, 1.54) is 31.3 Å². The number of nitrogens with one attached hydrogen (secondary N) is 3. The van der Waals surface area contributed by atoms with E-state index in [0.717, 1.165) is 10.6 Å². The van der Waals surface area contributed by atoms with Gasteiger partial charge < -0.3 is 20.9 Å². The summed E-state index contributed by atoms with van der Waals surface area (Å²) in [5.74, 6) is 0. The average Bonchev–Trinajstić information content (AvgIpc) is 2.81. The molecule has 0 aliphatic heterocycles. The summed E-state index contributed by atoms with van der Waals surface area (Å²) in [7, 11) is -2.43. The molecule has 0 aliphatic carbocycles. The second-order valence-corrected chi connectivity index (χ2v) is 11.2. The van der Waals surface area contributed by atoms with Gasteiger partial charge in [0.15, 0.2) is 0 Å². The number of hydroxylamine groups is 2. The number of nitrogens with zero attached hydrogens (tertiary/aromatic N) is 1. The molecule has 0 saturated heterocycles. The van der Waals surface area contributed by atoms with Gasteiger partial charge in [-0.1, -0.05) is 47.5 Å². The number of anilines is 2. The quantitative estimate of drug-likeness (QED) is 0.283. The average molecular weight is 550 g/mol. The molecule has 0 bridgehead atoms. The van der Waals surface area contributed by atoms with Crippen molar-refractivity contribution in [3.8, 4) is 0 Å². The number of carbonyl (C=O) groups excluding carboxylic acids is 1. The Hall–Kier alpha value is -2.82. The van der Waals surface area contributed by atoms with Gasteiger partial charge >= 0.3 is 6.03 Å². The molecule has 11 heteroatoms. The number of halogens is 2. The Kier molecular flexibility index (Phi) is 8.53. The maximum atomic E-state index is 12.8. The molecule has 192 valence electrons. The summed E-state index contributed by atoms with van der Waals surface area (Å²) in [6.07, 6.45) is 0. The van der Waals surface area contributed by atoms with Gasteiger partial charge in [0.05, 0.1) is 21.0 Å². The molecule has 3 aromatic carbocycles. The third-order valence-electron chi connectivity index (χ3n) is 5.85. The van der Waals surface area contributed by atoms with E-state index in [1.807, 2.05) is 0 Å². The van der Waals surface area contributed by atoms with Crippen LogP contribution in [0.25, 0.3) is 0 Å². The van der Waals surface area contributed by atoms with Crippen molar-refractivity contribution in [3.05, 3.63) is 93.1 Å². The highest BCUT2D eigenvalue weighted by atomic mass is 35.5. The minimum absolute atomic E-state index is 0.0243. The molecule has 3 rings (SSSR count). The Morgan fingerprint density at radius 2 is 1.56 bits per heavy atom. The van der Waals surface area contributed by atoms with E-state index in [-0.39, 0.29) is 4.90 Å². The van der Waals surface area contributed by atoms with Gasteiger partial charge in [0.25, 0.3) is 10.0 Å². The van der Waals surface area contributed by atoms with Crippen molar-refractivity contribution in [3.63, 3.8) is 0 Å². The van der Waals surface area contributed by atoms with Crippen LogP contribution in [0.15, 0.2) is 71.6 Å². The number of carbonyl (C=O) groups is 1. The zero-order valence-corrected chi connectivity index (χ0v) is 22.5. The summed E-state index contributed by atoms with van der Waals surface area (Å²) in [6.45, 7) is 5.33. The molecular formula is C25H27Cl2N4O4S-. The molecule has 3 aromatic rings. The molecule has 0 heterocycles. The number of hydrogen-bond acceptors (Lipinski definition) is 5. The molecule has 0 radical (unpaired) electrons.